The fourth-order valence-corrected chi connectivity index (χ4v) is 2.73. The second-order valence-electron chi connectivity index (χ2n) is 5.87. The Hall–Kier alpha value is -1.67. The van der Waals surface area contributed by atoms with Gasteiger partial charge >= 0.3 is 0 Å². The number of hydrogen-bond donors (Lipinski definition) is 1. The maximum atomic E-state index is 10.2. The number of hydrogen-bond acceptors (Lipinski definition) is 2. The first-order chi connectivity index (χ1) is 10.8. The molecule has 0 aliphatic heterocycles. The van der Waals surface area contributed by atoms with E-state index in [1.807, 2.05) is 37.4 Å². The summed E-state index contributed by atoms with van der Waals surface area (Å²) < 4.78 is 0. The molecular formula is C20H27NO. The average Bonchev–Trinajstić information content (AvgIpc) is 2.58. The van der Waals surface area contributed by atoms with Gasteiger partial charge in [0.15, 0.2) is 0 Å². The van der Waals surface area contributed by atoms with E-state index in [9.17, 15) is 5.11 Å². The lowest BCUT2D eigenvalue weighted by Crippen LogP contribution is -1.99. The lowest BCUT2D eigenvalue weighted by Gasteiger charge is -2.13. The Kier molecular flexibility index (Phi) is 6.60. The summed E-state index contributed by atoms with van der Waals surface area (Å²) >= 11 is 0. The molecule has 1 unspecified atom stereocenters. The van der Waals surface area contributed by atoms with E-state index in [1.54, 1.807) is 0 Å². The summed E-state index contributed by atoms with van der Waals surface area (Å²) in [5.74, 6) is 0. The molecule has 0 fully saturated rings. The maximum Gasteiger partial charge on any atom is 0.0794 e. The van der Waals surface area contributed by atoms with E-state index in [1.165, 1.54) is 31.2 Å². The maximum absolute atomic E-state index is 10.2. The Labute approximate surface area is 134 Å². The standard InChI is InChI=1S/C20H27NO/c1-3-5-6-7-10-16-13-14-19(21-15-16)17-11-8-9-12-18(17)20(22)4-2/h8-9,11-15,20,22H,3-7,10H2,1-2H3. The highest BCUT2D eigenvalue weighted by atomic mass is 16.3. The highest BCUT2D eigenvalue weighted by Gasteiger charge is 2.12. The molecule has 1 N–H and O–H groups in total. The number of pyridine rings is 1. The molecule has 0 bridgehead atoms. The normalized spacial score (nSPS) is 12.3. The van der Waals surface area contributed by atoms with Crippen LogP contribution in [0.4, 0.5) is 0 Å². The Bertz CT molecular complexity index is 562. The van der Waals surface area contributed by atoms with Crippen LogP contribution in [0.2, 0.25) is 0 Å². The van der Waals surface area contributed by atoms with Gasteiger partial charge in [-0.15, -0.1) is 0 Å². The molecule has 1 aromatic carbocycles. The van der Waals surface area contributed by atoms with Gasteiger partial charge in [0, 0.05) is 11.8 Å². The zero-order valence-corrected chi connectivity index (χ0v) is 13.8. The molecule has 1 atom stereocenters. The largest absolute Gasteiger partial charge is 0.388 e. The average molecular weight is 297 g/mol. The third-order valence-electron chi connectivity index (χ3n) is 4.13. The molecule has 22 heavy (non-hydrogen) atoms. The minimum atomic E-state index is -0.424. The van der Waals surface area contributed by atoms with E-state index in [-0.39, 0.29) is 0 Å². The summed E-state index contributed by atoms with van der Waals surface area (Å²) in [5.41, 5.74) is 4.25. The van der Waals surface area contributed by atoms with E-state index < -0.39 is 6.10 Å². The lowest BCUT2D eigenvalue weighted by atomic mass is 9.97. The van der Waals surface area contributed by atoms with E-state index >= 15 is 0 Å². The SMILES string of the molecule is CCCCCCc1ccc(-c2ccccc2C(O)CC)nc1. The van der Waals surface area contributed by atoms with E-state index in [2.05, 4.69) is 24.0 Å². The molecule has 1 aromatic heterocycles. The van der Waals surface area contributed by atoms with Gasteiger partial charge in [-0.25, -0.2) is 0 Å². The molecule has 0 amide bonds. The van der Waals surface area contributed by atoms with E-state index in [4.69, 9.17) is 0 Å². The molecule has 0 saturated heterocycles. The number of aliphatic hydroxyl groups excluding tert-OH is 1. The number of aryl methyl sites for hydroxylation is 1. The summed E-state index contributed by atoms with van der Waals surface area (Å²) in [6.07, 6.45) is 8.49. The Morgan fingerprint density at radius 2 is 1.82 bits per heavy atom. The van der Waals surface area contributed by atoms with Crippen molar-refractivity contribution >= 4 is 0 Å². The Morgan fingerprint density at radius 3 is 2.50 bits per heavy atom. The van der Waals surface area contributed by atoms with E-state index in [0.29, 0.717) is 6.42 Å². The number of rotatable bonds is 8. The fraction of sp³-hybridized carbons (Fsp3) is 0.450. The third kappa shape index (κ3) is 4.41. The lowest BCUT2D eigenvalue weighted by molar-refractivity contribution is 0.174. The van der Waals surface area contributed by atoms with Gasteiger partial charge in [-0.05, 0) is 36.5 Å². The van der Waals surface area contributed by atoms with Gasteiger partial charge < -0.3 is 5.11 Å². The van der Waals surface area contributed by atoms with Gasteiger partial charge in [-0.2, -0.15) is 0 Å². The van der Waals surface area contributed by atoms with Crippen LogP contribution in [0.5, 0.6) is 0 Å². The third-order valence-corrected chi connectivity index (χ3v) is 4.13. The molecule has 0 radical (unpaired) electrons. The molecule has 0 spiro atoms. The van der Waals surface area contributed by atoms with Crippen LogP contribution in [0, 0.1) is 0 Å². The van der Waals surface area contributed by atoms with Gasteiger partial charge in [0.05, 0.1) is 11.8 Å². The zero-order valence-electron chi connectivity index (χ0n) is 13.8. The molecule has 0 aliphatic rings. The van der Waals surface area contributed by atoms with Gasteiger partial charge in [0.1, 0.15) is 0 Å². The van der Waals surface area contributed by atoms with Crippen LogP contribution in [-0.4, -0.2) is 10.1 Å². The van der Waals surface area contributed by atoms with Crippen molar-refractivity contribution in [2.45, 2.75) is 58.5 Å². The molecule has 0 saturated carbocycles. The number of unbranched alkanes of at least 4 members (excludes halogenated alkanes) is 3. The van der Waals surface area contributed by atoms with Crippen LogP contribution >= 0.6 is 0 Å². The summed E-state index contributed by atoms with van der Waals surface area (Å²) in [4.78, 5) is 4.61. The highest BCUT2D eigenvalue weighted by Crippen LogP contribution is 2.28. The number of nitrogens with zero attached hydrogens (tertiary/aromatic N) is 1. The topological polar surface area (TPSA) is 33.1 Å². The fourth-order valence-electron chi connectivity index (χ4n) is 2.73. The van der Waals surface area contributed by atoms with Gasteiger partial charge in [0.2, 0.25) is 0 Å². The van der Waals surface area contributed by atoms with Crippen molar-refractivity contribution in [3.05, 3.63) is 53.7 Å². The van der Waals surface area contributed by atoms with Crippen molar-refractivity contribution in [1.29, 1.82) is 0 Å². The van der Waals surface area contributed by atoms with Gasteiger partial charge in [-0.1, -0.05) is 63.4 Å². The smallest absolute Gasteiger partial charge is 0.0794 e. The number of aliphatic hydroxyl groups is 1. The van der Waals surface area contributed by atoms with Crippen LogP contribution < -0.4 is 0 Å². The van der Waals surface area contributed by atoms with Crippen molar-refractivity contribution in [2.24, 2.45) is 0 Å². The van der Waals surface area contributed by atoms with Crippen LogP contribution in [0.1, 0.15) is 63.2 Å². The monoisotopic (exact) mass is 297 g/mol. The van der Waals surface area contributed by atoms with Crippen LogP contribution in [0.15, 0.2) is 42.6 Å². The predicted octanol–water partition coefficient (Wildman–Crippen LogP) is 5.31. The van der Waals surface area contributed by atoms with Crippen molar-refractivity contribution in [2.75, 3.05) is 0 Å². The predicted molar refractivity (Wildman–Crippen MR) is 92.8 cm³/mol. The molecule has 2 nitrogen and oxygen atoms in total. The van der Waals surface area contributed by atoms with Crippen molar-refractivity contribution in [1.82, 2.24) is 4.98 Å². The Morgan fingerprint density at radius 1 is 1.00 bits per heavy atom. The van der Waals surface area contributed by atoms with Crippen LogP contribution in [-0.2, 0) is 6.42 Å². The van der Waals surface area contributed by atoms with Gasteiger partial charge in [-0.3, -0.25) is 4.98 Å². The molecule has 2 rings (SSSR count). The molecule has 2 aromatic rings. The highest BCUT2D eigenvalue weighted by molar-refractivity contribution is 5.64. The molecule has 2 heteroatoms. The molecule has 118 valence electrons. The van der Waals surface area contributed by atoms with Crippen LogP contribution in [0.3, 0.4) is 0 Å². The molecule has 0 aliphatic carbocycles. The second-order valence-corrected chi connectivity index (χ2v) is 5.87. The quantitative estimate of drug-likeness (QED) is 0.669. The van der Waals surface area contributed by atoms with Crippen molar-refractivity contribution in [3.63, 3.8) is 0 Å². The first-order valence-corrected chi connectivity index (χ1v) is 8.48. The van der Waals surface area contributed by atoms with E-state index in [0.717, 1.165) is 23.2 Å². The Balaban J connectivity index is 2.10. The van der Waals surface area contributed by atoms with Gasteiger partial charge in [0.25, 0.3) is 0 Å². The van der Waals surface area contributed by atoms with Crippen molar-refractivity contribution in [3.8, 4) is 11.3 Å². The minimum absolute atomic E-state index is 0.424. The van der Waals surface area contributed by atoms with Crippen molar-refractivity contribution < 1.29 is 5.11 Å². The summed E-state index contributed by atoms with van der Waals surface area (Å²) in [6, 6.07) is 12.3. The zero-order chi connectivity index (χ0) is 15.8. The number of benzene rings is 1. The summed E-state index contributed by atoms with van der Waals surface area (Å²) in [7, 11) is 0. The second kappa shape index (κ2) is 8.70. The molecule has 1 heterocycles. The first kappa shape index (κ1) is 16.7. The number of aromatic nitrogens is 1. The molecular weight excluding hydrogens is 270 g/mol. The summed E-state index contributed by atoms with van der Waals surface area (Å²) in [6.45, 7) is 4.23. The minimum Gasteiger partial charge on any atom is -0.388 e. The van der Waals surface area contributed by atoms with Crippen LogP contribution in [0.25, 0.3) is 11.3 Å². The first-order valence-electron chi connectivity index (χ1n) is 8.48. The summed E-state index contributed by atoms with van der Waals surface area (Å²) in [5, 5.41) is 10.2.